The summed E-state index contributed by atoms with van der Waals surface area (Å²) < 4.78 is 5.19. The van der Waals surface area contributed by atoms with Gasteiger partial charge in [0.15, 0.2) is 0 Å². The molecule has 0 aromatic heterocycles. The minimum atomic E-state index is -0.856. The molecule has 0 radical (unpaired) electrons. The summed E-state index contributed by atoms with van der Waals surface area (Å²) in [4.78, 5) is 24.7. The first-order valence-corrected chi connectivity index (χ1v) is 6.54. The first kappa shape index (κ1) is 19.7. The third-order valence-electron chi connectivity index (χ3n) is 3.33. The number of nitrogens with zero attached hydrogens (tertiary/aromatic N) is 1. The average Bonchev–Trinajstić information content (AvgIpc) is 2.19. The van der Waals surface area contributed by atoms with Gasteiger partial charge in [-0.25, -0.2) is 4.79 Å². The molecule has 0 aliphatic carbocycles. The van der Waals surface area contributed by atoms with Crippen LogP contribution in [0.3, 0.4) is 0 Å². The van der Waals surface area contributed by atoms with Crippen LogP contribution in [0.1, 0.15) is 40.5 Å². The van der Waals surface area contributed by atoms with Gasteiger partial charge in [0.05, 0.1) is 0 Å². The number of carboxylic acids is 1. The molecule has 112 valence electrons. The number of rotatable bonds is 2. The van der Waals surface area contributed by atoms with Gasteiger partial charge in [-0.3, -0.25) is 9.69 Å². The molecular formula is C13H25N2NaO4. The molecule has 1 aliphatic rings. The van der Waals surface area contributed by atoms with Crippen LogP contribution in [0.25, 0.3) is 0 Å². The van der Waals surface area contributed by atoms with Crippen LogP contribution in [0.4, 0.5) is 4.79 Å². The Balaban J connectivity index is 0.00000361. The number of ether oxygens (including phenoxy) is 1. The normalized spacial score (nSPS) is 27.4. The summed E-state index contributed by atoms with van der Waals surface area (Å²) >= 11 is 0. The van der Waals surface area contributed by atoms with E-state index < -0.39 is 23.7 Å². The van der Waals surface area contributed by atoms with Gasteiger partial charge in [-0.15, -0.1) is 0 Å². The van der Waals surface area contributed by atoms with E-state index in [1.54, 1.807) is 27.8 Å². The molecule has 0 aromatic rings. The molecule has 3 atom stereocenters. The number of amides is 1. The van der Waals surface area contributed by atoms with E-state index in [0.717, 1.165) is 6.42 Å². The van der Waals surface area contributed by atoms with Crippen LogP contribution in [-0.2, 0) is 9.53 Å². The van der Waals surface area contributed by atoms with E-state index in [0.29, 0.717) is 6.42 Å². The predicted octanol–water partition coefficient (Wildman–Crippen LogP) is 0.798. The monoisotopic (exact) mass is 296 g/mol. The van der Waals surface area contributed by atoms with Crippen molar-refractivity contribution in [2.45, 2.75) is 64.3 Å². The second-order valence-corrected chi connectivity index (χ2v) is 6.18. The summed E-state index contributed by atoms with van der Waals surface area (Å²) in [6, 6.07) is -0.624. The van der Waals surface area contributed by atoms with Crippen LogP contribution < -0.4 is 5.32 Å². The van der Waals surface area contributed by atoms with E-state index in [2.05, 4.69) is 5.32 Å². The zero-order valence-corrected chi connectivity index (χ0v) is 12.3. The van der Waals surface area contributed by atoms with Crippen molar-refractivity contribution in [3.8, 4) is 0 Å². The Kier molecular flexibility index (Phi) is 7.52. The van der Waals surface area contributed by atoms with Gasteiger partial charge in [-0.2, -0.15) is 0 Å². The number of hydrogen-bond donors (Lipinski definition) is 2. The zero-order chi connectivity index (χ0) is 14.8. The number of nitrogens with one attached hydrogen (secondary N) is 1. The van der Waals surface area contributed by atoms with E-state index in [9.17, 15) is 14.7 Å². The number of carbonyl (C=O) groups is 2. The standard InChI is InChI=1S/C13H24N2O4.Na.H/c1-8-6-9(7-10(11(16)17)15(8)5)14-12(18)19-13(2,3)4;;/h8-10H,6-7H2,1-5H3,(H,14,18)(H,16,17);;/t8?,9?,10-;;/m0../s1. The van der Waals surface area contributed by atoms with Crippen LogP contribution in [0.2, 0.25) is 0 Å². The van der Waals surface area contributed by atoms with Crippen LogP contribution in [-0.4, -0.2) is 82.4 Å². The molecule has 2 N–H and O–H groups in total. The fourth-order valence-electron chi connectivity index (χ4n) is 2.28. The summed E-state index contributed by atoms with van der Waals surface area (Å²) in [7, 11) is 1.80. The predicted molar refractivity (Wildman–Crippen MR) is 78.2 cm³/mol. The molecule has 1 heterocycles. The van der Waals surface area contributed by atoms with Gasteiger partial charge < -0.3 is 15.2 Å². The van der Waals surface area contributed by atoms with Crippen molar-refractivity contribution in [1.29, 1.82) is 0 Å². The molecule has 1 rings (SSSR count). The topological polar surface area (TPSA) is 78.9 Å². The molecule has 2 unspecified atom stereocenters. The van der Waals surface area contributed by atoms with Crippen molar-refractivity contribution < 1.29 is 19.4 Å². The number of carboxylic acid groups (broad SMARTS) is 1. The van der Waals surface area contributed by atoms with Gasteiger partial charge in [0.25, 0.3) is 0 Å². The molecule has 0 spiro atoms. The average molecular weight is 296 g/mol. The number of piperidine rings is 1. The first-order chi connectivity index (χ1) is 8.60. The molecule has 0 bridgehead atoms. The van der Waals surface area contributed by atoms with Crippen LogP contribution in [0, 0.1) is 0 Å². The molecule has 6 nitrogen and oxygen atoms in total. The summed E-state index contributed by atoms with van der Waals surface area (Å²) in [5.41, 5.74) is -0.548. The molecule has 1 aliphatic heterocycles. The van der Waals surface area contributed by atoms with E-state index in [1.807, 2.05) is 11.8 Å². The fraction of sp³-hybridized carbons (Fsp3) is 0.846. The van der Waals surface area contributed by atoms with Crippen LogP contribution >= 0.6 is 0 Å². The van der Waals surface area contributed by atoms with E-state index >= 15 is 0 Å². The van der Waals surface area contributed by atoms with Gasteiger partial charge in [0.1, 0.15) is 11.6 Å². The minimum absolute atomic E-state index is 0. The fourth-order valence-corrected chi connectivity index (χ4v) is 2.28. The van der Waals surface area contributed by atoms with Gasteiger partial charge in [-0.05, 0) is 47.6 Å². The summed E-state index contributed by atoms with van der Waals surface area (Å²) in [5.74, 6) is -0.856. The molecule has 1 saturated heterocycles. The number of carbonyl (C=O) groups excluding carboxylic acids is 1. The van der Waals surface area contributed by atoms with Crippen LogP contribution in [0.5, 0.6) is 0 Å². The summed E-state index contributed by atoms with van der Waals surface area (Å²) in [5, 5.41) is 11.9. The van der Waals surface area contributed by atoms with Crippen molar-refractivity contribution in [1.82, 2.24) is 10.2 Å². The first-order valence-electron chi connectivity index (χ1n) is 6.54. The Bertz CT molecular complexity index is 357. The summed E-state index contributed by atoms with van der Waals surface area (Å²) in [6.07, 6.45) is 0.632. The zero-order valence-electron chi connectivity index (χ0n) is 12.3. The van der Waals surface area contributed by atoms with E-state index in [-0.39, 0.29) is 41.6 Å². The maximum absolute atomic E-state index is 11.7. The van der Waals surface area contributed by atoms with Crippen molar-refractivity contribution in [3.05, 3.63) is 0 Å². The Morgan fingerprint density at radius 3 is 2.30 bits per heavy atom. The number of aliphatic carboxylic acids is 1. The molecule has 0 saturated carbocycles. The molecule has 7 heteroatoms. The van der Waals surface area contributed by atoms with Gasteiger partial charge in [0.2, 0.25) is 0 Å². The number of likely N-dealkylation sites (tertiary alicyclic amines) is 1. The Labute approximate surface area is 142 Å². The SMILES string of the molecule is CC1CC(NC(=O)OC(C)(C)C)C[C@@H](C(=O)O)N1C.[NaH]. The molecule has 1 amide bonds. The van der Waals surface area contributed by atoms with Gasteiger partial charge in [0, 0.05) is 12.1 Å². The molecule has 20 heavy (non-hydrogen) atoms. The van der Waals surface area contributed by atoms with E-state index in [1.165, 1.54) is 0 Å². The third kappa shape index (κ3) is 5.99. The third-order valence-corrected chi connectivity index (χ3v) is 3.33. The number of alkyl carbamates (subject to hydrolysis) is 1. The van der Waals surface area contributed by atoms with Crippen molar-refractivity contribution in [2.75, 3.05) is 7.05 Å². The summed E-state index contributed by atoms with van der Waals surface area (Å²) in [6.45, 7) is 7.34. The molecule has 0 aromatic carbocycles. The Morgan fingerprint density at radius 1 is 1.30 bits per heavy atom. The van der Waals surface area contributed by atoms with Crippen LogP contribution in [0.15, 0.2) is 0 Å². The number of likely N-dealkylation sites (N-methyl/N-ethyl adjacent to an activating group) is 1. The second kappa shape index (κ2) is 7.64. The maximum atomic E-state index is 11.7. The Morgan fingerprint density at radius 2 is 1.85 bits per heavy atom. The quantitative estimate of drug-likeness (QED) is 0.737. The van der Waals surface area contributed by atoms with Gasteiger partial charge >= 0.3 is 41.6 Å². The van der Waals surface area contributed by atoms with E-state index in [4.69, 9.17) is 4.74 Å². The van der Waals surface area contributed by atoms with Crippen molar-refractivity contribution in [3.63, 3.8) is 0 Å². The Hall–Kier alpha value is -0.300. The van der Waals surface area contributed by atoms with Crippen molar-refractivity contribution >= 4 is 41.6 Å². The second-order valence-electron chi connectivity index (χ2n) is 6.18. The van der Waals surface area contributed by atoms with Gasteiger partial charge in [-0.1, -0.05) is 0 Å². The molecule has 1 fully saturated rings. The number of hydrogen-bond acceptors (Lipinski definition) is 4. The van der Waals surface area contributed by atoms with Crippen molar-refractivity contribution in [2.24, 2.45) is 0 Å². The molecular weight excluding hydrogens is 271 g/mol.